The van der Waals surface area contributed by atoms with Crippen LogP contribution in [0.25, 0.3) is 0 Å². The first-order valence-corrected chi connectivity index (χ1v) is 7.84. The van der Waals surface area contributed by atoms with Crippen molar-refractivity contribution in [3.8, 4) is 0 Å². The molecule has 4 heteroatoms. The molecule has 2 aliphatic heterocycles. The third-order valence-corrected chi connectivity index (χ3v) is 5.05. The van der Waals surface area contributed by atoms with Gasteiger partial charge in [-0.15, -0.1) is 0 Å². The number of hydrogen-bond acceptors (Lipinski definition) is 2. The van der Waals surface area contributed by atoms with Gasteiger partial charge in [0.15, 0.2) is 0 Å². The van der Waals surface area contributed by atoms with Crippen LogP contribution in [0.4, 0.5) is 5.69 Å². The molecule has 0 aromatic heterocycles. The van der Waals surface area contributed by atoms with Crippen molar-refractivity contribution in [1.82, 2.24) is 4.90 Å². The first kappa shape index (κ1) is 14.0. The minimum Gasteiger partial charge on any atom is -0.339 e. The summed E-state index contributed by atoms with van der Waals surface area (Å²) < 4.78 is 0. The molecule has 0 saturated carbocycles. The summed E-state index contributed by atoms with van der Waals surface area (Å²) in [6.45, 7) is 1.59. The molecule has 0 saturated heterocycles. The molecular weight excluding hydrogens is 288 g/mol. The second-order valence-corrected chi connectivity index (χ2v) is 6.22. The van der Waals surface area contributed by atoms with Gasteiger partial charge in [-0.05, 0) is 29.7 Å². The Morgan fingerprint density at radius 1 is 1.09 bits per heavy atom. The molecule has 23 heavy (non-hydrogen) atoms. The topological polar surface area (TPSA) is 40.6 Å². The first-order chi connectivity index (χ1) is 11.1. The van der Waals surface area contributed by atoms with Crippen LogP contribution >= 0.6 is 0 Å². The third-order valence-electron chi connectivity index (χ3n) is 5.05. The van der Waals surface area contributed by atoms with Crippen LogP contribution in [0.1, 0.15) is 46.9 Å². The van der Waals surface area contributed by atoms with Gasteiger partial charge in [0.25, 0.3) is 5.91 Å². The zero-order valence-electron chi connectivity index (χ0n) is 13.2. The Kier molecular flexibility index (Phi) is 3.01. The molecule has 116 valence electrons. The lowest BCUT2D eigenvalue weighted by atomic mass is 9.88. The summed E-state index contributed by atoms with van der Waals surface area (Å²) in [7, 11) is 1.84. The highest BCUT2D eigenvalue weighted by molar-refractivity contribution is 6.11. The fraction of sp³-hybridized carbons (Fsp3) is 0.263. The number of fused-ring (bicyclic) bond motifs is 5. The van der Waals surface area contributed by atoms with Crippen molar-refractivity contribution in [3.05, 3.63) is 65.2 Å². The molecular formula is C19H18N2O2. The number of nitrogens with zero attached hydrogens (tertiary/aromatic N) is 2. The average Bonchev–Trinajstić information content (AvgIpc) is 2.87. The predicted octanol–water partition coefficient (Wildman–Crippen LogP) is 3.31. The van der Waals surface area contributed by atoms with Crippen molar-refractivity contribution >= 4 is 17.5 Å². The Balaban J connectivity index is 1.89. The van der Waals surface area contributed by atoms with Crippen molar-refractivity contribution in [2.45, 2.75) is 25.4 Å². The van der Waals surface area contributed by atoms with E-state index in [-0.39, 0.29) is 23.9 Å². The molecule has 2 aliphatic rings. The highest BCUT2D eigenvalue weighted by Crippen LogP contribution is 2.50. The summed E-state index contributed by atoms with van der Waals surface area (Å²) in [4.78, 5) is 28.4. The van der Waals surface area contributed by atoms with Crippen molar-refractivity contribution in [1.29, 1.82) is 0 Å². The van der Waals surface area contributed by atoms with E-state index in [1.165, 1.54) is 0 Å². The fourth-order valence-electron chi connectivity index (χ4n) is 3.82. The van der Waals surface area contributed by atoms with E-state index in [9.17, 15) is 9.59 Å². The molecule has 0 unspecified atom stereocenters. The van der Waals surface area contributed by atoms with Crippen molar-refractivity contribution in [2.24, 2.45) is 0 Å². The number of benzene rings is 2. The lowest BCUT2D eigenvalue weighted by Crippen LogP contribution is -2.39. The van der Waals surface area contributed by atoms with Crippen LogP contribution in [-0.4, -0.2) is 23.8 Å². The van der Waals surface area contributed by atoms with Gasteiger partial charge in [-0.1, -0.05) is 36.4 Å². The van der Waals surface area contributed by atoms with E-state index in [0.29, 0.717) is 0 Å². The SMILES string of the molecule is CC(=O)N(C)[C@H]1C[C@H]2c3ccccc3C(=O)N2c2ccccc21. The Labute approximate surface area is 135 Å². The van der Waals surface area contributed by atoms with E-state index in [1.807, 2.05) is 60.5 Å². The molecule has 2 aromatic carbocycles. The van der Waals surface area contributed by atoms with Gasteiger partial charge in [0.05, 0.1) is 12.1 Å². The summed E-state index contributed by atoms with van der Waals surface area (Å²) in [6.07, 6.45) is 0.732. The Morgan fingerprint density at radius 3 is 2.48 bits per heavy atom. The Hall–Kier alpha value is -2.62. The fourth-order valence-corrected chi connectivity index (χ4v) is 3.82. The molecule has 4 rings (SSSR count). The minimum atomic E-state index is -0.0103. The smallest absolute Gasteiger partial charge is 0.259 e. The maximum Gasteiger partial charge on any atom is 0.259 e. The normalized spacial score (nSPS) is 21.5. The molecule has 2 amide bonds. The number of para-hydroxylation sites is 1. The zero-order valence-corrected chi connectivity index (χ0v) is 13.2. The maximum atomic E-state index is 12.8. The van der Waals surface area contributed by atoms with Crippen LogP contribution in [-0.2, 0) is 4.79 Å². The Bertz CT molecular complexity index is 815. The van der Waals surface area contributed by atoms with Crippen LogP contribution in [0.15, 0.2) is 48.5 Å². The number of carbonyl (C=O) groups is 2. The lowest BCUT2D eigenvalue weighted by molar-refractivity contribution is -0.130. The van der Waals surface area contributed by atoms with Gasteiger partial charge >= 0.3 is 0 Å². The maximum absolute atomic E-state index is 12.8. The monoisotopic (exact) mass is 306 g/mol. The van der Waals surface area contributed by atoms with Crippen LogP contribution in [0.5, 0.6) is 0 Å². The predicted molar refractivity (Wildman–Crippen MR) is 88.2 cm³/mol. The lowest BCUT2D eigenvalue weighted by Gasteiger charge is -2.40. The summed E-state index contributed by atoms with van der Waals surface area (Å²) in [6, 6.07) is 15.7. The molecule has 0 aliphatic carbocycles. The summed E-state index contributed by atoms with van der Waals surface area (Å²) in [5.41, 5.74) is 3.80. The van der Waals surface area contributed by atoms with E-state index in [1.54, 1.807) is 11.8 Å². The summed E-state index contributed by atoms with van der Waals surface area (Å²) >= 11 is 0. The van der Waals surface area contributed by atoms with E-state index in [4.69, 9.17) is 0 Å². The summed E-state index contributed by atoms with van der Waals surface area (Å²) in [5, 5.41) is 0. The highest BCUT2D eigenvalue weighted by Gasteiger charge is 2.44. The van der Waals surface area contributed by atoms with Gasteiger partial charge in [0.1, 0.15) is 0 Å². The standard InChI is InChI=1S/C19H18N2O2/c1-12(22)20(2)17-11-18-13-7-3-4-8-14(13)19(23)21(18)16-10-6-5-9-15(16)17/h3-10,17-18H,11H2,1-2H3/t17-,18-/m0/s1. The molecule has 0 N–H and O–H groups in total. The van der Waals surface area contributed by atoms with Gasteiger partial charge in [-0.3, -0.25) is 9.59 Å². The molecule has 0 radical (unpaired) electrons. The molecule has 4 nitrogen and oxygen atoms in total. The number of amides is 2. The number of rotatable bonds is 1. The second kappa shape index (κ2) is 4.95. The van der Waals surface area contributed by atoms with E-state index >= 15 is 0 Å². The van der Waals surface area contributed by atoms with Gasteiger partial charge in [-0.25, -0.2) is 0 Å². The highest BCUT2D eigenvalue weighted by atomic mass is 16.2. The van der Waals surface area contributed by atoms with Gasteiger partial charge in [-0.2, -0.15) is 0 Å². The molecule has 0 fully saturated rings. The molecule has 0 bridgehead atoms. The van der Waals surface area contributed by atoms with Gasteiger partial charge in [0.2, 0.25) is 5.91 Å². The van der Waals surface area contributed by atoms with E-state index < -0.39 is 0 Å². The van der Waals surface area contributed by atoms with E-state index in [0.717, 1.165) is 28.8 Å². The number of carbonyl (C=O) groups excluding carboxylic acids is 2. The summed E-state index contributed by atoms with van der Waals surface area (Å²) in [5.74, 6) is 0.0952. The Morgan fingerprint density at radius 2 is 1.74 bits per heavy atom. The van der Waals surface area contributed by atoms with Crippen LogP contribution < -0.4 is 4.90 Å². The molecule has 2 heterocycles. The number of hydrogen-bond donors (Lipinski definition) is 0. The minimum absolute atomic E-state index is 0.000370. The third kappa shape index (κ3) is 1.91. The molecule has 2 aromatic rings. The van der Waals surface area contributed by atoms with Gasteiger partial charge < -0.3 is 9.80 Å². The second-order valence-electron chi connectivity index (χ2n) is 6.22. The zero-order chi connectivity index (χ0) is 16.1. The number of anilines is 1. The first-order valence-electron chi connectivity index (χ1n) is 7.84. The van der Waals surface area contributed by atoms with Crippen LogP contribution in [0, 0.1) is 0 Å². The van der Waals surface area contributed by atoms with Gasteiger partial charge in [0, 0.05) is 25.2 Å². The quantitative estimate of drug-likeness (QED) is 0.811. The van der Waals surface area contributed by atoms with E-state index in [2.05, 4.69) is 0 Å². The van der Waals surface area contributed by atoms with Crippen molar-refractivity contribution < 1.29 is 9.59 Å². The van der Waals surface area contributed by atoms with Crippen LogP contribution in [0.2, 0.25) is 0 Å². The van der Waals surface area contributed by atoms with Crippen molar-refractivity contribution in [2.75, 3.05) is 11.9 Å². The van der Waals surface area contributed by atoms with Crippen molar-refractivity contribution in [3.63, 3.8) is 0 Å². The molecule has 0 spiro atoms. The molecule has 2 atom stereocenters. The van der Waals surface area contributed by atoms with Crippen LogP contribution in [0.3, 0.4) is 0 Å². The largest absolute Gasteiger partial charge is 0.339 e. The average molecular weight is 306 g/mol.